The first-order valence-electron chi connectivity index (χ1n) is 8.08. The predicted molar refractivity (Wildman–Crippen MR) is 95.9 cm³/mol. The fraction of sp³-hybridized carbons (Fsp3) is 0.222. The number of hydrogen-bond acceptors (Lipinski definition) is 5. The monoisotopic (exact) mass is 432 g/mol. The summed E-state index contributed by atoms with van der Waals surface area (Å²) in [7, 11) is 0. The second-order valence-corrected chi connectivity index (χ2v) is 7.00. The summed E-state index contributed by atoms with van der Waals surface area (Å²) in [5, 5.41) is 11.9. The highest BCUT2D eigenvalue weighted by Crippen LogP contribution is 2.44. The molecule has 1 aromatic heterocycles. The van der Waals surface area contributed by atoms with Gasteiger partial charge in [-0.05, 0) is 36.4 Å². The van der Waals surface area contributed by atoms with Crippen LogP contribution in [-0.2, 0) is 10.4 Å². The third-order valence-corrected chi connectivity index (χ3v) is 5.08. The van der Waals surface area contributed by atoms with E-state index >= 15 is 0 Å². The second-order valence-electron chi connectivity index (χ2n) is 5.97. The minimum absolute atomic E-state index is 0.0467. The van der Waals surface area contributed by atoms with Gasteiger partial charge in [0.25, 0.3) is 0 Å². The molecule has 1 amide bonds. The van der Waals surface area contributed by atoms with Crippen LogP contribution in [-0.4, -0.2) is 28.8 Å². The SMILES string of the molecule is O=C(C[C@@](O)(c1nc2ccccc2s1)C(F)(F)F)Nc1ccc(OC(F)F)cc1. The van der Waals surface area contributed by atoms with Gasteiger partial charge in [-0.25, -0.2) is 4.98 Å². The van der Waals surface area contributed by atoms with E-state index in [0.717, 1.165) is 12.1 Å². The Labute approximate surface area is 164 Å². The van der Waals surface area contributed by atoms with Gasteiger partial charge < -0.3 is 15.2 Å². The largest absolute Gasteiger partial charge is 0.435 e. The molecule has 3 rings (SSSR count). The number of para-hydroxylation sites is 1. The molecule has 0 fully saturated rings. The third kappa shape index (κ3) is 4.62. The van der Waals surface area contributed by atoms with E-state index in [-0.39, 0.29) is 17.0 Å². The van der Waals surface area contributed by atoms with Crippen molar-refractivity contribution in [2.45, 2.75) is 24.8 Å². The Morgan fingerprint density at radius 1 is 1.14 bits per heavy atom. The highest BCUT2D eigenvalue weighted by atomic mass is 32.1. The smallest absolute Gasteiger partial charge is 0.424 e. The highest BCUT2D eigenvalue weighted by molar-refractivity contribution is 7.18. The van der Waals surface area contributed by atoms with Gasteiger partial charge in [-0.15, -0.1) is 11.3 Å². The average molecular weight is 432 g/mol. The maximum atomic E-state index is 13.6. The molecule has 1 atom stereocenters. The van der Waals surface area contributed by atoms with Crippen molar-refractivity contribution in [3.05, 3.63) is 53.5 Å². The van der Waals surface area contributed by atoms with Gasteiger partial charge >= 0.3 is 12.8 Å². The number of ether oxygens (including phenoxy) is 1. The Balaban J connectivity index is 1.80. The maximum absolute atomic E-state index is 13.6. The molecule has 0 radical (unpaired) electrons. The van der Waals surface area contributed by atoms with E-state index < -0.39 is 35.7 Å². The van der Waals surface area contributed by atoms with E-state index in [0.29, 0.717) is 16.0 Å². The zero-order valence-corrected chi connectivity index (χ0v) is 15.2. The normalized spacial score (nSPS) is 14.0. The number of amides is 1. The fourth-order valence-corrected chi connectivity index (χ4v) is 3.58. The molecular formula is C18H13F5N2O3S. The summed E-state index contributed by atoms with van der Waals surface area (Å²) in [4.78, 5) is 16.0. The van der Waals surface area contributed by atoms with E-state index in [1.807, 2.05) is 0 Å². The van der Waals surface area contributed by atoms with Crippen LogP contribution in [0.15, 0.2) is 48.5 Å². The number of rotatable bonds is 6. The van der Waals surface area contributed by atoms with Crippen molar-refractivity contribution < 1.29 is 36.6 Å². The Hall–Kier alpha value is -2.79. The highest BCUT2D eigenvalue weighted by Gasteiger charge is 2.58. The summed E-state index contributed by atoms with van der Waals surface area (Å²) in [5.41, 5.74) is -3.17. The van der Waals surface area contributed by atoms with Crippen molar-refractivity contribution in [2.24, 2.45) is 0 Å². The van der Waals surface area contributed by atoms with E-state index in [1.54, 1.807) is 18.2 Å². The van der Waals surface area contributed by atoms with Crippen LogP contribution in [0.1, 0.15) is 11.4 Å². The lowest BCUT2D eigenvalue weighted by Crippen LogP contribution is -2.45. The summed E-state index contributed by atoms with van der Waals surface area (Å²) in [6.07, 6.45) is -6.49. The number of carbonyl (C=O) groups is 1. The summed E-state index contributed by atoms with van der Waals surface area (Å²) >= 11 is 0.638. The lowest BCUT2D eigenvalue weighted by Gasteiger charge is -2.27. The molecule has 0 aliphatic heterocycles. The lowest BCUT2D eigenvalue weighted by atomic mass is 9.99. The van der Waals surface area contributed by atoms with Crippen LogP contribution in [0.4, 0.5) is 27.6 Å². The second kappa shape index (κ2) is 7.91. The number of anilines is 1. The van der Waals surface area contributed by atoms with Crippen molar-refractivity contribution >= 4 is 33.1 Å². The van der Waals surface area contributed by atoms with Gasteiger partial charge in [-0.2, -0.15) is 22.0 Å². The molecule has 1 heterocycles. The first-order valence-corrected chi connectivity index (χ1v) is 8.90. The van der Waals surface area contributed by atoms with E-state index in [1.165, 1.54) is 18.2 Å². The first-order chi connectivity index (χ1) is 13.6. The topological polar surface area (TPSA) is 71.5 Å². The number of halogens is 5. The van der Waals surface area contributed by atoms with Crippen molar-refractivity contribution in [3.8, 4) is 5.75 Å². The molecule has 0 spiro atoms. The van der Waals surface area contributed by atoms with Gasteiger partial charge in [-0.1, -0.05) is 12.1 Å². The number of carbonyl (C=O) groups excluding carboxylic acids is 1. The molecule has 0 bridgehead atoms. The third-order valence-electron chi connectivity index (χ3n) is 3.90. The molecule has 0 aliphatic carbocycles. The number of nitrogens with one attached hydrogen (secondary N) is 1. The molecule has 154 valence electrons. The van der Waals surface area contributed by atoms with Gasteiger partial charge in [0.05, 0.1) is 16.6 Å². The number of benzene rings is 2. The fourth-order valence-electron chi connectivity index (χ4n) is 2.50. The Kier molecular flexibility index (Phi) is 5.71. The Bertz CT molecular complexity index is 974. The van der Waals surface area contributed by atoms with Crippen molar-refractivity contribution in [3.63, 3.8) is 0 Å². The lowest BCUT2D eigenvalue weighted by molar-refractivity contribution is -0.266. The van der Waals surface area contributed by atoms with E-state index in [4.69, 9.17) is 0 Å². The number of thiazole rings is 1. The summed E-state index contributed by atoms with van der Waals surface area (Å²) in [5.74, 6) is -1.31. The molecule has 29 heavy (non-hydrogen) atoms. The predicted octanol–water partition coefficient (Wildman–Crippen LogP) is 4.68. The van der Waals surface area contributed by atoms with Crippen LogP contribution in [0.3, 0.4) is 0 Å². The zero-order chi connectivity index (χ0) is 21.2. The number of fused-ring (bicyclic) bond motifs is 1. The number of nitrogens with zero attached hydrogens (tertiary/aromatic N) is 1. The average Bonchev–Trinajstić information content (AvgIpc) is 3.06. The molecule has 3 aromatic rings. The van der Waals surface area contributed by atoms with Gasteiger partial charge in [-0.3, -0.25) is 4.79 Å². The minimum atomic E-state index is -5.16. The first kappa shape index (κ1) is 20.9. The molecule has 0 saturated heterocycles. The van der Waals surface area contributed by atoms with E-state index in [2.05, 4.69) is 15.0 Å². The van der Waals surface area contributed by atoms with Crippen molar-refractivity contribution in [1.29, 1.82) is 0 Å². The summed E-state index contributed by atoms with van der Waals surface area (Å²) < 4.78 is 69.8. The minimum Gasteiger partial charge on any atom is -0.435 e. The van der Waals surface area contributed by atoms with Crippen LogP contribution >= 0.6 is 11.3 Å². The molecule has 0 unspecified atom stereocenters. The zero-order valence-electron chi connectivity index (χ0n) is 14.4. The quantitative estimate of drug-likeness (QED) is 0.555. The van der Waals surface area contributed by atoms with Gasteiger partial charge in [0.15, 0.2) is 0 Å². The van der Waals surface area contributed by atoms with Crippen molar-refractivity contribution in [1.82, 2.24) is 4.98 Å². The molecule has 11 heteroatoms. The number of aromatic nitrogens is 1. The molecule has 2 N–H and O–H groups in total. The number of aliphatic hydroxyl groups is 1. The number of hydrogen-bond donors (Lipinski definition) is 2. The van der Waals surface area contributed by atoms with Gasteiger partial charge in [0.1, 0.15) is 10.8 Å². The molecular weight excluding hydrogens is 419 g/mol. The Morgan fingerprint density at radius 2 is 1.79 bits per heavy atom. The van der Waals surface area contributed by atoms with Crippen LogP contribution in [0.5, 0.6) is 5.75 Å². The van der Waals surface area contributed by atoms with E-state index in [9.17, 15) is 31.9 Å². The van der Waals surface area contributed by atoms with Gasteiger partial charge in [0.2, 0.25) is 11.5 Å². The molecule has 2 aromatic carbocycles. The van der Waals surface area contributed by atoms with Crippen molar-refractivity contribution in [2.75, 3.05) is 5.32 Å². The molecule has 0 aliphatic rings. The van der Waals surface area contributed by atoms with Crippen LogP contribution in [0.2, 0.25) is 0 Å². The molecule has 0 saturated carbocycles. The maximum Gasteiger partial charge on any atom is 0.424 e. The number of alkyl halides is 5. The summed E-state index contributed by atoms with van der Waals surface area (Å²) in [6, 6.07) is 10.8. The van der Waals surface area contributed by atoms with Crippen LogP contribution < -0.4 is 10.1 Å². The summed E-state index contributed by atoms with van der Waals surface area (Å²) in [6.45, 7) is -3.04. The van der Waals surface area contributed by atoms with Crippen LogP contribution in [0, 0.1) is 0 Å². The standard InChI is InChI=1S/C18H13F5N2O3S/c19-16(20)28-11-7-5-10(6-8-11)24-14(26)9-17(27,18(21,22)23)15-25-12-3-1-2-4-13(12)29-15/h1-8,16,27H,9H2,(H,24,26)/t17-/m1/s1. The van der Waals surface area contributed by atoms with Crippen LogP contribution in [0.25, 0.3) is 10.2 Å². The molecule has 5 nitrogen and oxygen atoms in total. The Morgan fingerprint density at radius 3 is 2.38 bits per heavy atom. The van der Waals surface area contributed by atoms with Gasteiger partial charge in [0, 0.05) is 5.69 Å².